The molecule has 0 radical (unpaired) electrons. The summed E-state index contributed by atoms with van der Waals surface area (Å²) in [5.74, 6) is 0.0237. The van der Waals surface area contributed by atoms with Crippen LogP contribution in [0, 0.1) is 0 Å². The summed E-state index contributed by atoms with van der Waals surface area (Å²) in [5.41, 5.74) is 3.95. The van der Waals surface area contributed by atoms with Crippen LogP contribution in [-0.2, 0) is 9.47 Å². The zero-order chi connectivity index (χ0) is 19.3. The molecular formula is C23H26N2O3. The Morgan fingerprint density at radius 1 is 1.25 bits per heavy atom. The van der Waals surface area contributed by atoms with Crippen molar-refractivity contribution in [2.45, 2.75) is 18.9 Å². The van der Waals surface area contributed by atoms with Crippen molar-refractivity contribution in [3.8, 4) is 11.1 Å². The normalized spacial score (nSPS) is 16.5. The molecule has 2 aromatic carbocycles. The largest absolute Gasteiger partial charge is 0.383 e. The number of methoxy groups -OCH3 is 1. The number of hydrogen-bond donors (Lipinski definition) is 1. The number of aromatic nitrogens is 1. The fourth-order valence-corrected chi connectivity index (χ4v) is 3.85. The minimum absolute atomic E-state index is 0.0237. The third-order valence-electron chi connectivity index (χ3n) is 5.32. The number of H-pyrrole nitrogens is 1. The summed E-state index contributed by atoms with van der Waals surface area (Å²) in [6, 6.07) is 16.1. The van der Waals surface area contributed by atoms with Gasteiger partial charge in [-0.05, 0) is 48.2 Å². The number of ether oxygens (including phenoxy) is 2. The third kappa shape index (κ3) is 3.96. The maximum atomic E-state index is 13.2. The molecule has 0 spiro atoms. The van der Waals surface area contributed by atoms with E-state index in [9.17, 15) is 4.79 Å². The molecule has 5 heteroatoms. The lowest BCUT2D eigenvalue weighted by Crippen LogP contribution is -2.39. The number of benzene rings is 2. The minimum atomic E-state index is 0.0237. The van der Waals surface area contributed by atoms with Gasteiger partial charge in [-0.2, -0.15) is 0 Å². The average Bonchev–Trinajstić information content (AvgIpc) is 3.42. The highest BCUT2D eigenvalue weighted by Crippen LogP contribution is 2.29. The number of nitrogens with one attached hydrogen (secondary N) is 1. The van der Waals surface area contributed by atoms with Gasteiger partial charge in [-0.15, -0.1) is 0 Å². The van der Waals surface area contributed by atoms with Gasteiger partial charge in [0.1, 0.15) is 0 Å². The Hall–Kier alpha value is -2.63. The van der Waals surface area contributed by atoms with Crippen molar-refractivity contribution in [3.05, 3.63) is 60.3 Å². The van der Waals surface area contributed by atoms with E-state index in [1.807, 2.05) is 35.4 Å². The molecule has 1 saturated heterocycles. The van der Waals surface area contributed by atoms with Crippen LogP contribution in [0.4, 0.5) is 0 Å². The van der Waals surface area contributed by atoms with Crippen LogP contribution in [0.5, 0.6) is 0 Å². The average molecular weight is 378 g/mol. The van der Waals surface area contributed by atoms with E-state index in [-0.39, 0.29) is 12.0 Å². The zero-order valence-electron chi connectivity index (χ0n) is 16.2. The topological polar surface area (TPSA) is 54.6 Å². The van der Waals surface area contributed by atoms with E-state index in [0.29, 0.717) is 25.3 Å². The Bertz CT molecular complexity index is 944. The van der Waals surface area contributed by atoms with E-state index in [0.717, 1.165) is 41.5 Å². The number of carbonyl (C=O) groups is 1. The molecule has 1 amide bonds. The molecule has 0 aliphatic carbocycles. The lowest BCUT2D eigenvalue weighted by molar-refractivity contribution is 0.0456. The van der Waals surface area contributed by atoms with Crippen molar-refractivity contribution in [2.75, 3.05) is 33.4 Å². The Labute approximate surface area is 165 Å². The molecule has 0 bridgehead atoms. The van der Waals surface area contributed by atoms with Crippen LogP contribution in [0.25, 0.3) is 22.0 Å². The van der Waals surface area contributed by atoms with Gasteiger partial charge in [0, 0.05) is 49.5 Å². The summed E-state index contributed by atoms with van der Waals surface area (Å²) in [6.45, 7) is 2.47. The molecule has 3 aromatic rings. The molecule has 1 N–H and O–H groups in total. The first-order valence-electron chi connectivity index (χ1n) is 9.82. The molecule has 4 rings (SSSR count). The molecule has 1 aliphatic rings. The lowest BCUT2D eigenvalue weighted by Gasteiger charge is -2.25. The maximum absolute atomic E-state index is 13.2. The molecule has 1 fully saturated rings. The number of fused-ring (bicyclic) bond motifs is 1. The highest BCUT2D eigenvalue weighted by atomic mass is 16.5. The molecule has 28 heavy (non-hydrogen) atoms. The molecule has 5 nitrogen and oxygen atoms in total. The number of aromatic amines is 1. The summed E-state index contributed by atoms with van der Waals surface area (Å²) in [6.07, 6.45) is 4.13. The van der Waals surface area contributed by atoms with Crippen molar-refractivity contribution in [1.82, 2.24) is 9.88 Å². The molecular weight excluding hydrogens is 352 g/mol. The second-order valence-corrected chi connectivity index (χ2v) is 7.20. The first-order chi connectivity index (χ1) is 13.8. The minimum Gasteiger partial charge on any atom is -0.383 e. The molecule has 2 heterocycles. The zero-order valence-corrected chi connectivity index (χ0v) is 16.2. The summed E-state index contributed by atoms with van der Waals surface area (Å²) in [7, 11) is 1.66. The van der Waals surface area contributed by atoms with E-state index >= 15 is 0 Å². The predicted octanol–water partition coefficient (Wildman–Crippen LogP) is 4.10. The first-order valence-corrected chi connectivity index (χ1v) is 9.82. The van der Waals surface area contributed by atoms with Crippen molar-refractivity contribution in [3.63, 3.8) is 0 Å². The van der Waals surface area contributed by atoms with Gasteiger partial charge in [0.2, 0.25) is 0 Å². The summed E-state index contributed by atoms with van der Waals surface area (Å²) < 4.78 is 11.0. The molecule has 1 atom stereocenters. The monoisotopic (exact) mass is 378 g/mol. The van der Waals surface area contributed by atoms with Gasteiger partial charge >= 0.3 is 0 Å². The smallest absolute Gasteiger partial charge is 0.254 e. The maximum Gasteiger partial charge on any atom is 0.254 e. The molecule has 146 valence electrons. The van der Waals surface area contributed by atoms with Gasteiger partial charge in [-0.3, -0.25) is 4.79 Å². The summed E-state index contributed by atoms with van der Waals surface area (Å²) in [4.78, 5) is 18.3. The standard InChI is InChI=1S/C23H26N2O3/c1-27-14-12-25(16-19-7-4-13-28-19)23(26)18-6-2-5-17(15-18)20-8-3-9-22-21(20)10-11-24-22/h2-3,5-6,8-11,15,19,24H,4,7,12-14,16H2,1H3. The van der Waals surface area contributed by atoms with Crippen LogP contribution in [-0.4, -0.2) is 55.3 Å². The number of nitrogens with zero attached hydrogens (tertiary/aromatic N) is 1. The van der Waals surface area contributed by atoms with Crippen LogP contribution >= 0.6 is 0 Å². The Kier molecular flexibility index (Phi) is 5.74. The van der Waals surface area contributed by atoms with Gasteiger partial charge in [-0.25, -0.2) is 0 Å². The van der Waals surface area contributed by atoms with E-state index < -0.39 is 0 Å². The number of hydrogen-bond acceptors (Lipinski definition) is 3. The Balaban J connectivity index is 1.61. The number of carbonyl (C=O) groups excluding carboxylic acids is 1. The van der Waals surface area contributed by atoms with E-state index in [4.69, 9.17) is 9.47 Å². The van der Waals surface area contributed by atoms with Crippen LogP contribution in [0.1, 0.15) is 23.2 Å². The predicted molar refractivity (Wildman–Crippen MR) is 110 cm³/mol. The van der Waals surface area contributed by atoms with Crippen molar-refractivity contribution in [1.29, 1.82) is 0 Å². The van der Waals surface area contributed by atoms with Gasteiger partial charge in [-0.1, -0.05) is 24.3 Å². The fourth-order valence-electron chi connectivity index (χ4n) is 3.85. The van der Waals surface area contributed by atoms with Crippen LogP contribution in [0.2, 0.25) is 0 Å². The van der Waals surface area contributed by atoms with Crippen LogP contribution < -0.4 is 0 Å². The lowest BCUT2D eigenvalue weighted by atomic mass is 9.99. The molecule has 1 aliphatic heterocycles. The van der Waals surface area contributed by atoms with Gasteiger partial charge in [0.15, 0.2) is 0 Å². The first kappa shape index (κ1) is 18.7. The molecule has 1 unspecified atom stereocenters. The number of amides is 1. The number of rotatable bonds is 7. The molecule has 0 saturated carbocycles. The fraction of sp³-hybridized carbons (Fsp3) is 0.348. The van der Waals surface area contributed by atoms with Gasteiger partial charge in [0.05, 0.1) is 12.7 Å². The van der Waals surface area contributed by atoms with Crippen LogP contribution in [0.15, 0.2) is 54.7 Å². The second kappa shape index (κ2) is 8.59. The third-order valence-corrected chi connectivity index (χ3v) is 5.32. The highest BCUT2D eigenvalue weighted by molar-refractivity contribution is 5.99. The summed E-state index contributed by atoms with van der Waals surface area (Å²) in [5, 5.41) is 1.16. The van der Waals surface area contributed by atoms with E-state index in [1.165, 1.54) is 0 Å². The Morgan fingerprint density at radius 3 is 2.96 bits per heavy atom. The van der Waals surface area contributed by atoms with Gasteiger partial charge < -0.3 is 19.4 Å². The quantitative estimate of drug-likeness (QED) is 0.673. The van der Waals surface area contributed by atoms with Crippen molar-refractivity contribution in [2.24, 2.45) is 0 Å². The van der Waals surface area contributed by atoms with Gasteiger partial charge in [0.25, 0.3) is 5.91 Å². The second-order valence-electron chi connectivity index (χ2n) is 7.20. The van der Waals surface area contributed by atoms with E-state index in [2.05, 4.69) is 29.2 Å². The highest BCUT2D eigenvalue weighted by Gasteiger charge is 2.23. The summed E-state index contributed by atoms with van der Waals surface area (Å²) >= 11 is 0. The van der Waals surface area contributed by atoms with Crippen molar-refractivity contribution >= 4 is 16.8 Å². The SMILES string of the molecule is COCCN(CC1CCCO1)C(=O)c1cccc(-c2cccc3[nH]ccc23)c1. The van der Waals surface area contributed by atoms with Crippen LogP contribution in [0.3, 0.4) is 0 Å². The van der Waals surface area contributed by atoms with Crippen molar-refractivity contribution < 1.29 is 14.3 Å². The molecule has 1 aromatic heterocycles. The Morgan fingerprint density at radius 2 is 2.14 bits per heavy atom. The van der Waals surface area contributed by atoms with E-state index in [1.54, 1.807) is 7.11 Å².